The van der Waals surface area contributed by atoms with Gasteiger partial charge in [-0.05, 0) is 56.2 Å². The van der Waals surface area contributed by atoms with Crippen LogP contribution >= 0.6 is 0 Å². The van der Waals surface area contributed by atoms with E-state index in [4.69, 9.17) is 9.26 Å². The van der Waals surface area contributed by atoms with Crippen LogP contribution in [-0.4, -0.2) is 44.3 Å². The Bertz CT molecular complexity index is 1270. The van der Waals surface area contributed by atoms with Crippen molar-refractivity contribution < 1.29 is 18.8 Å². The second-order valence-corrected chi connectivity index (χ2v) is 8.39. The average molecular weight is 460 g/mol. The van der Waals surface area contributed by atoms with E-state index in [1.54, 1.807) is 42.2 Å². The topological polar surface area (TPSA) is 102 Å². The summed E-state index contributed by atoms with van der Waals surface area (Å²) in [5, 5.41) is 6.57. The number of amides is 2. The van der Waals surface area contributed by atoms with Crippen molar-refractivity contribution in [3.63, 3.8) is 0 Å². The number of fused-ring (bicyclic) bond motifs is 1. The monoisotopic (exact) mass is 459 g/mol. The highest BCUT2D eigenvalue weighted by molar-refractivity contribution is 5.95. The van der Waals surface area contributed by atoms with Crippen molar-refractivity contribution in [2.24, 2.45) is 5.92 Å². The molecule has 0 aliphatic carbocycles. The summed E-state index contributed by atoms with van der Waals surface area (Å²) in [5.41, 5.74) is 2.30. The number of aryl methyl sites for hydroxylation is 1. The van der Waals surface area contributed by atoms with Crippen LogP contribution in [0.25, 0.3) is 5.65 Å². The summed E-state index contributed by atoms with van der Waals surface area (Å²) < 4.78 is 12.8. The molecule has 3 aromatic heterocycles. The van der Waals surface area contributed by atoms with Crippen molar-refractivity contribution >= 4 is 23.3 Å². The molecule has 174 valence electrons. The number of aromatic nitrogens is 3. The van der Waals surface area contributed by atoms with Crippen LogP contribution in [0.4, 0.5) is 5.82 Å². The van der Waals surface area contributed by atoms with Crippen molar-refractivity contribution in [2.75, 3.05) is 18.4 Å². The van der Waals surface area contributed by atoms with E-state index >= 15 is 0 Å². The second kappa shape index (κ2) is 9.38. The number of ether oxygens (including phenoxy) is 1. The number of pyridine rings is 1. The van der Waals surface area contributed by atoms with Crippen LogP contribution in [0, 0.1) is 12.8 Å². The fourth-order valence-electron chi connectivity index (χ4n) is 4.09. The average Bonchev–Trinajstić information content (AvgIpc) is 3.48. The smallest absolute Gasteiger partial charge is 0.253 e. The number of carbonyl (C=O) groups is 2. The van der Waals surface area contributed by atoms with Crippen molar-refractivity contribution in [3.05, 3.63) is 77.9 Å². The first kappa shape index (κ1) is 21.7. The fourth-order valence-corrected chi connectivity index (χ4v) is 4.09. The van der Waals surface area contributed by atoms with E-state index in [1.165, 1.54) is 0 Å². The number of benzene rings is 1. The van der Waals surface area contributed by atoms with Crippen molar-refractivity contribution in [3.8, 4) is 5.75 Å². The zero-order valence-corrected chi connectivity index (χ0v) is 18.8. The maximum Gasteiger partial charge on any atom is 0.253 e. The molecule has 9 nitrogen and oxygen atoms in total. The zero-order valence-electron chi connectivity index (χ0n) is 18.8. The normalized spacial score (nSPS) is 14.3. The summed E-state index contributed by atoms with van der Waals surface area (Å²) in [6.07, 6.45) is 5.09. The first-order chi connectivity index (χ1) is 16.5. The standard InChI is InChI=1S/C25H25N5O4/c1-17-14-22(28-34-17)27-24(31)18-9-12-29(13-10-18)25(32)19-5-7-21(8-6-19)33-16-20-15-30-11-3-2-4-23(30)26-20/h2-8,11,14-15,18H,9-10,12-13,16H2,1H3,(H,27,28,31). The van der Waals surface area contributed by atoms with Gasteiger partial charge in [0.25, 0.3) is 5.91 Å². The van der Waals surface area contributed by atoms with E-state index in [9.17, 15) is 9.59 Å². The number of likely N-dealkylation sites (tertiary alicyclic amines) is 1. The van der Waals surface area contributed by atoms with Gasteiger partial charge >= 0.3 is 0 Å². The molecule has 1 saturated heterocycles. The molecular formula is C25H25N5O4. The molecule has 0 bridgehead atoms. The Labute approximate surface area is 196 Å². The summed E-state index contributed by atoms with van der Waals surface area (Å²) in [4.78, 5) is 31.7. The van der Waals surface area contributed by atoms with Gasteiger partial charge in [-0.15, -0.1) is 0 Å². The van der Waals surface area contributed by atoms with E-state index < -0.39 is 0 Å². The third kappa shape index (κ3) is 4.78. The van der Waals surface area contributed by atoms with Crippen molar-refractivity contribution in [2.45, 2.75) is 26.4 Å². The molecule has 9 heteroatoms. The molecule has 5 rings (SSSR count). The number of anilines is 1. The highest BCUT2D eigenvalue weighted by atomic mass is 16.5. The van der Waals surface area contributed by atoms with Crippen LogP contribution in [0.3, 0.4) is 0 Å². The van der Waals surface area contributed by atoms with E-state index in [-0.39, 0.29) is 17.7 Å². The van der Waals surface area contributed by atoms with Gasteiger partial charge in [0.05, 0.1) is 5.69 Å². The molecule has 2 amide bonds. The predicted molar refractivity (Wildman–Crippen MR) is 124 cm³/mol. The number of nitrogens with one attached hydrogen (secondary N) is 1. The maximum atomic E-state index is 12.9. The summed E-state index contributed by atoms with van der Waals surface area (Å²) >= 11 is 0. The Hall–Kier alpha value is -4.14. The quantitative estimate of drug-likeness (QED) is 0.472. The van der Waals surface area contributed by atoms with E-state index in [0.717, 1.165) is 11.3 Å². The highest BCUT2D eigenvalue weighted by Gasteiger charge is 2.28. The second-order valence-electron chi connectivity index (χ2n) is 8.39. The third-order valence-corrected chi connectivity index (χ3v) is 5.93. The van der Waals surface area contributed by atoms with Gasteiger partial charge in [-0.3, -0.25) is 9.59 Å². The predicted octanol–water partition coefficient (Wildman–Crippen LogP) is 3.70. The van der Waals surface area contributed by atoms with Crippen LogP contribution in [0.5, 0.6) is 5.75 Å². The number of rotatable bonds is 6. The lowest BCUT2D eigenvalue weighted by Crippen LogP contribution is -2.41. The van der Waals surface area contributed by atoms with Gasteiger partial charge in [-0.1, -0.05) is 11.2 Å². The lowest BCUT2D eigenvalue weighted by atomic mass is 9.95. The molecule has 1 N–H and O–H groups in total. The molecule has 0 saturated carbocycles. The molecule has 1 aliphatic rings. The molecule has 4 heterocycles. The molecule has 4 aromatic rings. The van der Waals surface area contributed by atoms with E-state index in [1.807, 2.05) is 35.0 Å². The van der Waals surface area contributed by atoms with E-state index in [0.29, 0.717) is 55.4 Å². The van der Waals surface area contributed by atoms with Crippen LogP contribution < -0.4 is 10.1 Å². The molecule has 0 spiro atoms. The summed E-state index contributed by atoms with van der Waals surface area (Å²) in [5.74, 6) is 1.45. The lowest BCUT2D eigenvalue weighted by Gasteiger charge is -2.31. The maximum absolute atomic E-state index is 12.9. The fraction of sp³-hybridized carbons (Fsp3) is 0.280. The van der Waals surface area contributed by atoms with Gasteiger partial charge in [0, 0.05) is 43.0 Å². The third-order valence-electron chi connectivity index (χ3n) is 5.93. The number of imidazole rings is 1. The Kier molecular flexibility index (Phi) is 5.99. The van der Waals surface area contributed by atoms with Gasteiger partial charge in [-0.2, -0.15) is 0 Å². The first-order valence-corrected chi connectivity index (χ1v) is 11.2. The van der Waals surface area contributed by atoms with Gasteiger partial charge in [0.2, 0.25) is 5.91 Å². The summed E-state index contributed by atoms with van der Waals surface area (Å²) in [7, 11) is 0. The Morgan fingerprint density at radius 2 is 1.94 bits per heavy atom. The Morgan fingerprint density at radius 1 is 1.15 bits per heavy atom. The summed E-state index contributed by atoms with van der Waals surface area (Å²) in [6, 6.07) is 14.6. The minimum absolute atomic E-state index is 0.0436. The molecule has 1 fully saturated rings. The Morgan fingerprint density at radius 3 is 2.65 bits per heavy atom. The molecule has 1 aliphatic heterocycles. The molecule has 1 aromatic carbocycles. The van der Waals surface area contributed by atoms with Gasteiger partial charge in [0.1, 0.15) is 23.8 Å². The molecule has 34 heavy (non-hydrogen) atoms. The first-order valence-electron chi connectivity index (χ1n) is 11.2. The van der Waals surface area contributed by atoms with Crippen LogP contribution in [0.2, 0.25) is 0 Å². The van der Waals surface area contributed by atoms with Crippen LogP contribution in [0.15, 0.2) is 65.4 Å². The number of hydrogen-bond acceptors (Lipinski definition) is 6. The minimum atomic E-state index is -0.156. The van der Waals surface area contributed by atoms with E-state index in [2.05, 4.69) is 15.5 Å². The molecule has 0 unspecified atom stereocenters. The zero-order chi connectivity index (χ0) is 23.5. The number of hydrogen-bond donors (Lipinski definition) is 1. The number of carbonyl (C=O) groups excluding carboxylic acids is 2. The number of piperidine rings is 1. The summed E-state index contributed by atoms with van der Waals surface area (Å²) in [6.45, 7) is 3.17. The van der Waals surface area contributed by atoms with Crippen LogP contribution in [0.1, 0.15) is 34.7 Å². The molecular weight excluding hydrogens is 434 g/mol. The largest absolute Gasteiger partial charge is 0.487 e. The molecule has 0 radical (unpaired) electrons. The SMILES string of the molecule is Cc1cc(NC(=O)C2CCN(C(=O)c3ccc(OCc4cn5ccccc5n4)cc3)CC2)no1. The molecule has 0 atom stereocenters. The van der Waals surface area contributed by atoms with Crippen molar-refractivity contribution in [1.29, 1.82) is 0 Å². The highest BCUT2D eigenvalue weighted by Crippen LogP contribution is 2.22. The number of nitrogens with zero attached hydrogens (tertiary/aromatic N) is 4. The van der Waals surface area contributed by atoms with Gasteiger partial charge in [0.15, 0.2) is 5.82 Å². The van der Waals surface area contributed by atoms with Crippen LogP contribution in [-0.2, 0) is 11.4 Å². The van der Waals surface area contributed by atoms with Gasteiger partial charge in [-0.25, -0.2) is 4.98 Å². The minimum Gasteiger partial charge on any atom is -0.487 e. The van der Waals surface area contributed by atoms with Gasteiger partial charge < -0.3 is 23.9 Å². The van der Waals surface area contributed by atoms with Crippen molar-refractivity contribution in [1.82, 2.24) is 19.4 Å². The lowest BCUT2D eigenvalue weighted by molar-refractivity contribution is -0.121. The Balaban J connectivity index is 1.12.